The minimum atomic E-state index is -0.237. The van der Waals surface area contributed by atoms with Crippen molar-refractivity contribution < 1.29 is 14.3 Å². The van der Waals surface area contributed by atoms with Crippen LogP contribution in [-0.2, 0) is 11.4 Å². The van der Waals surface area contributed by atoms with Crippen LogP contribution in [-0.4, -0.2) is 17.5 Å². The van der Waals surface area contributed by atoms with Crippen molar-refractivity contribution in [1.29, 1.82) is 0 Å². The predicted molar refractivity (Wildman–Crippen MR) is 138 cm³/mol. The van der Waals surface area contributed by atoms with Gasteiger partial charge < -0.3 is 9.47 Å². The summed E-state index contributed by atoms with van der Waals surface area (Å²) in [6.45, 7) is 5.11. The number of amides is 1. The van der Waals surface area contributed by atoms with Crippen LogP contribution in [0.15, 0.2) is 84.3 Å². The number of ether oxygens (including phenoxy) is 2. The standard InChI is InChI=1S/C28H26N2O3S/c1-3-32-26-7-5-4-6-24(26)25-19-34-28(29-25)30-27(31)17-14-21-12-15-23(16-13-21)33-18-22-10-8-20(2)9-11-22/h4-17,19H,3,18H2,1-2H3,(H,29,30,31). The molecule has 1 aromatic heterocycles. The highest BCUT2D eigenvalue weighted by Gasteiger charge is 2.10. The fourth-order valence-corrected chi connectivity index (χ4v) is 3.97. The number of nitrogens with zero attached hydrogens (tertiary/aromatic N) is 1. The van der Waals surface area contributed by atoms with Gasteiger partial charge in [-0.1, -0.05) is 54.1 Å². The molecule has 1 N–H and O–H groups in total. The minimum Gasteiger partial charge on any atom is -0.493 e. The molecule has 3 aromatic carbocycles. The van der Waals surface area contributed by atoms with E-state index in [0.717, 1.165) is 33.9 Å². The molecule has 4 aromatic rings. The molecule has 34 heavy (non-hydrogen) atoms. The minimum absolute atomic E-state index is 0.237. The number of aryl methyl sites for hydroxylation is 1. The Balaban J connectivity index is 1.31. The van der Waals surface area contributed by atoms with Crippen LogP contribution < -0.4 is 14.8 Å². The van der Waals surface area contributed by atoms with Crippen molar-refractivity contribution in [2.75, 3.05) is 11.9 Å². The number of aromatic nitrogens is 1. The van der Waals surface area contributed by atoms with Crippen LogP contribution in [0.3, 0.4) is 0 Å². The normalized spacial score (nSPS) is 10.9. The molecule has 0 aliphatic rings. The monoisotopic (exact) mass is 470 g/mol. The third-order valence-electron chi connectivity index (χ3n) is 5.03. The van der Waals surface area contributed by atoms with Crippen LogP contribution in [0, 0.1) is 6.92 Å². The topological polar surface area (TPSA) is 60.5 Å². The molecule has 0 spiro atoms. The van der Waals surface area contributed by atoms with E-state index >= 15 is 0 Å². The molecule has 0 saturated carbocycles. The maximum atomic E-state index is 12.4. The zero-order valence-electron chi connectivity index (χ0n) is 19.2. The summed E-state index contributed by atoms with van der Waals surface area (Å²) >= 11 is 1.38. The van der Waals surface area contributed by atoms with Crippen molar-refractivity contribution in [2.45, 2.75) is 20.5 Å². The number of anilines is 1. The van der Waals surface area contributed by atoms with Crippen LogP contribution in [0.1, 0.15) is 23.6 Å². The van der Waals surface area contributed by atoms with Crippen molar-refractivity contribution >= 4 is 28.5 Å². The lowest BCUT2D eigenvalue weighted by Crippen LogP contribution is -2.07. The molecular formula is C28H26N2O3S. The van der Waals surface area contributed by atoms with Crippen LogP contribution in [0.5, 0.6) is 11.5 Å². The Hall–Kier alpha value is -3.90. The molecule has 4 rings (SSSR count). The highest BCUT2D eigenvalue weighted by Crippen LogP contribution is 2.32. The van der Waals surface area contributed by atoms with Gasteiger partial charge in [-0.05, 0) is 55.3 Å². The molecule has 5 nitrogen and oxygen atoms in total. The Morgan fingerprint density at radius 3 is 2.53 bits per heavy atom. The summed E-state index contributed by atoms with van der Waals surface area (Å²) in [6.07, 6.45) is 3.26. The van der Waals surface area contributed by atoms with Crippen molar-refractivity contribution in [3.05, 3.63) is 101 Å². The van der Waals surface area contributed by atoms with E-state index in [2.05, 4.69) is 41.5 Å². The van der Waals surface area contributed by atoms with Crippen LogP contribution in [0.25, 0.3) is 17.3 Å². The lowest BCUT2D eigenvalue weighted by Gasteiger charge is -2.07. The van der Waals surface area contributed by atoms with Gasteiger partial charge in [0, 0.05) is 17.0 Å². The SMILES string of the molecule is CCOc1ccccc1-c1csc(NC(=O)C=Cc2ccc(OCc3ccc(C)cc3)cc2)n1. The van der Waals surface area contributed by atoms with Crippen molar-refractivity contribution in [2.24, 2.45) is 0 Å². The molecule has 0 aliphatic heterocycles. The zero-order chi connectivity index (χ0) is 23.8. The second-order valence-electron chi connectivity index (χ2n) is 7.63. The first kappa shape index (κ1) is 23.3. The Morgan fingerprint density at radius 1 is 1.00 bits per heavy atom. The van der Waals surface area contributed by atoms with Gasteiger partial charge in [-0.3, -0.25) is 10.1 Å². The van der Waals surface area contributed by atoms with E-state index in [1.807, 2.05) is 60.8 Å². The Morgan fingerprint density at radius 2 is 1.76 bits per heavy atom. The summed E-state index contributed by atoms with van der Waals surface area (Å²) in [5.41, 5.74) is 4.93. The van der Waals surface area contributed by atoms with E-state index in [9.17, 15) is 4.79 Å². The quantitative estimate of drug-likeness (QED) is 0.275. The molecule has 1 heterocycles. The second kappa shape index (κ2) is 11.3. The van der Waals surface area contributed by atoms with Gasteiger partial charge in [0.05, 0.1) is 12.3 Å². The summed E-state index contributed by atoms with van der Waals surface area (Å²) in [6, 6.07) is 23.6. The number of hydrogen-bond acceptors (Lipinski definition) is 5. The molecule has 0 saturated heterocycles. The molecular weight excluding hydrogens is 444 g/mol. The third kappa shape index (κ3) is 6.33. The highest BCUT2D eigenvalue weighted by atomic mass is 32.1. The Kier molecular flexibility index (Phi) is 7.73. The number of benzene rings is 3. The van der Waals surface area contributed by atoms with Crippen LogP contribution in [0.2, 0.25) is 0 Å². The molecule has 1 amide bonds. The predicted octanol–water partition coefficient (Wildman–Crippen LogP) is 6.75. The van der Waals surface area contributed by atoms with Gasteiger partial charge in [-0.25, -0.2) is 4.98 Å². The maximum absolute atomic E-state index is 12.4. The number of nitrogens with one attached hydrogen (secondary N) is 1. The Bertz CT molecular complexity index is 1260. The first-order chi connectivity index (χ1) is 16.6. The zero-order valence-corrected chi connectivity index (χ0v) is 20.0. The third-order valence-corrected chi connectivity index (χ3v) is 5.79. The molecule has 0 atom stereocenters. The van der Waals surface area contributed by atoms with E-state index in [4.69, 9.17) is 9.47 Å². The van der Waals surface area contributed by atoms with E-state index in [1.165, 1.54) is 23.0 Å². The number of hydrogen-bond donors (Lipinski definition) is 1. The summed E-state index contributed by atoms with van der Waals surface area (Å²) in [5.74, 6) is 1.32. The average molecular weight is 471 g/mol. The van der Waals surface area contributed by atoms with E-state index in [1.54, 1.807) is 6.08 Å². The molecule has 6 heteroatoms. The lowest BCUT2D eigenvalue weighted by atomic mass is 10.1. The van der Waals surface area contributed by atoms with Gasteiger partial charge in [-0.15, -0.1) is 11.3 Å². The first-order valence-corrected chi connectivity index (χ1v) is 11.9. The lowest BCUT2D eigenvalue weighted by molar-refractivity contribution is -0.111. The van der Waals surface area contributed by atoms with Crippen LogP contribution >= 0.6 is 11.3 Å². The van der Waals surface area contributed by atoms with E-state index in [-0.39, 0.29) is 5.91 Å². The van der Waals surface area contributed by atoms with E-state index in [0.29, 0.717) is 18.3 Å². The van der Waals surface area contributed by atoms with Crippen LogP contribution in [0.4, 0.5) is 5.13 Å². The smallest absolute Gasteiger partial charge is 0.250 e. The second-order valence-corrected chi connectivity index (χ2v) is 8.49. The van der Waals surface area contributed by atoms with Gasteiger partial charge in [0.25, 0.3) is 0 Å². The molecule has 0 aliphatic carbocycles. The first-order valence-electron chi connectivity index (χ1n) is 11.1. The number of para-hydroxylation sites is 1. The fraction of sp³-hybridized carbons (Fsp3) is 0.143. The van der Waals surface area contributed by atoms with Crippen molar-refractivity contribution in [3.8, 4) is 22.8 Å². The van der Waals surface area contributed by atoms with Crippen molar-refractivity contribution in [1.82, 2.24) is 4.98 Å². The molecule has 0 bridgehead atoms. The Labute approximate surface area is 203 Å². The maximum Gasteiger partial charge on any atom is 0.250 e. The summed E-state index contributed by atoms with van der Waals surface area (Å²) in [7, 11) is 0. The van der Waals surface area contributed by atoms with Gasteiger partial charge in [0.2, 0.25) is 5.91 Å². The number of carbonyl (C=O) groups excluding carboxylic acids is 1. The van der Waals surface area contributed by atoms with Gasteiger partial charge in [-0.2, -0.15) is 0 Å². The van der Waals surface area contributed by atoms with Crippen molar-refractivity contribution in [3.63, 3.8) is 0 Å². The largest absolute Gasteiger partial charge is 0.493 e. The molecule has 172 valence electrons. The fourth-order valence-electron chi connectivity index (χ4n) is 3.26. The van der Waals surface area contributed by atoms with E-state index < -0.39 is 0 Å². The summed E-state index contributed by atoms with van der Waals surface area (Å²) in [4.78, 5) is 16.9. The molecule has 0 unspecified atom stereocenters. The number of rotatable bonds is 9. The number of thiazole rings is 1. The number of carbonyl (C=O) groups is 1. The van der Waals surface area contributed by atoms with Gasteiger partial charge in [0.1, 0.15) is 18.1 Å². The molecule has 0 fully saturated rings. The van der Waals surface area contributed by atoms with Gasteiger partial charge >= 0.3 is 0 Å². The highest BCUT2D eigenvalue weighted by molar-refractivity contribution is 7.14. The summed E-state index contributed by atoms with van der Waals surface area (Å²) < 4.78 is 11.5. The van der Waals surface area contributed by atoms with Gasteiger partial charge in [0.15, 0.2) is 5.13 Å². The average Bonchev–Trinajstić information content (AvgIpc) is 3.32. The molecule has 0 radical (unpaired) electrons. The summed E-state index contributed by atoms with van der Waals surface area (Å²) in [5, 5.41) is 5.27.